The van der Waals surface area contributed by atoms with Crippen LogP contribution in [0.4, 0.5) is 26.2 Å². The van der Waals surface area contributed by atoms with Gasteiger partial charge >= 0.3 is 6.03 Å². The number of carbonyl (C=O) groups excluding carboxylic acids is 1. The van der Waals surface area contributed by atoms with Crippen molar-refractivity contribution in [2.24, 2.45) is 0 Å². The molecule has 3 N–H and O–H groups in total. The van der Waals surface area contributed by atoms with Crippen molar-refractivity contribution in [2.45, 2.75) is 0 Å². The van der Waals surface area contributed by atoms with Crippen molar-refractivity contribution in [3.05, 3.63) is 53.3 Å². The maximum Gasteiger partial charge on any atom is 0.323 e. The minimum absolute atomic E-state index is 0.124. The molecule has 0 unspecified atom stereocenters. The number of anilines is 3. The van der Waals surface area contributed by atoms with E-state index in [1.807, 2.05) is 6.07 Å². The number of halogens is 2. The van der Waals surface area contributed by atoms with Crippen molar-refractivity contribution in [3.8, 4) is 0 Å². The van der Waals surface area contributed by atoms with E-state index in [9.17, 15) is 9.18 Å². The maximum atomic E-state index is 13.5. The number of urea groups is 1. The predicted molar refractivity (Wildman–Crippen MR) is 95.6 cm³/mol. The Bertz CT molecular complexity index is 734. The number of nitrogens with zero attached hydrogens (tertiary/aromatic N) is 1. The zero-order chi connectivity index (χ0) is 16.9. The van der Waals surface area contributed by atoms with E-state index >= 15 is 0 Å². The highest BCUT2D eigenvalue weighted by molar-refractivity contribution is 6.33. The molecule has 0 saturated carbocycles. The number of piperazine rings is 1. The molecule has 3 rings (SSSR count). The summed E-state index contributed by atoms with van der Waals surface area (Å²) in [6.07, 6.45) is 0. The highest BCUT2D eigenvalue weighted by atomic mass is 35.5. The second kappa shape index (κ2) is 7.51. The van der Waals surface area contributed by atoms with Gasteiger partial charge in [-0.3, -0.25) is 0 Å². The van der Waals surface area contributed by atoms with Gasteiger partial charge in [-0.05, 0) is 30.3 Å². The van der Waals surface area contributed by atoms with Crippen LogP contribution < -0.4 is 20.9 Å². The molecule has 0 radical (unpaired) electrons. The van der Waals surface area contributed by atoms with Crippen molar-refractivity contribution in [1.29, 1.82) is 0 Å². The number of amides is 2. The first-order valence-electron chi connectivity index (χ1n) is 7.71. The van der Waals surface area contributed by atoms with Gasteiger partial charge < -0.3 is 20.9 Å². The monoisotopic (exact) mass is 348 g/mol. The van der Waals surface area contributed by atoms with Crippen molar-refractivity contribution in [3.63, 3.8) is 0 Å². The Kier molecular flexibility index (Phi) is 5.17. The van der Waals surface area contributed by atoms with Gasteiger partial charge in [0.1, 0.15) is 5.82 Å². The van der Waals surface area contributed by atoms with Crippen LogP contribution in [0.3, 0.4) is 0 Å². The summed E-state index contributed by atoms with van der Waals surface area (Å²) in [6.45, 7) is 3.61. The lowest BCUT2D eigenvalue weighted by atomic mass is 10.2. The third-order valence-corrected chi connectivity index (χ3v) is 4.09. The number of hydrogen-bond acceptors (Lipinski definition) is 3. The van der Waals surface area contributed by atoms with E-state index in [4.69, 9.17) is 11.6 Å². The van der Waals surface area contributed by atoms with E-state index in [1.54, 1.807) is 24.3 Å². The molecule has 0 aliphatic carbocycles. The summed E-state index contributed by atoms with van der Waals surface area (Å²) in [6, 6.07) is 10.8. The fourth-order valence-corrected chi connectivity index (χ4v) is 2.89. The van der Waals surface area contributed by atoms with E-state index in [2.05, 4.69) is 20.9 Å². The molecule has 1 aliphatic heterocycles. The number of para-hydroxylation sites is 1. The highest BCUT2D eigenvalue weighted by Gasteiger charge is 2.14. The van der Waals surface area contributed by atoms with E-state index < -0.39 is 11.8 Å². The first-order chi connectivity index (χ1) is 11.6. The lowest BCUT2D eigenvalue weighted by Gasteiger charge is -2.30. The van der Waals surface area contributed by atoms with E-state index in [1.165, 1.54) is 12.1 Å². The summed E-state index contributed by atoms with van der Waals surface area (Å²) in [7, 11) is 0. The Hall–Kier alpha value is -2.31. The third-order valence-electron chi connectivity index (χ3n) is 3.79. The average Bonchev–Trinajstić information content (AvgIpc) is 2.58. The highest BCUT2D eigenvalue weighted by Crippen LogP contribution is 2.29. The Labute approximate surface area is 144 Å². The quantitative estimate of drug-likeness (QED) is 0.795. The summed E-state index contributed by atoms with van der Waals surface area (Å²) in [5, 5.41) is 8.98. The largest absolute Gasteiger partial charge is 0.368 e. The molecule has 7 heteroatoms. The number of nitrogens with one attached hydrogen (secondary N) is 3. The van der Waals surface area contributed by atoms with Gasteiger partial charge in [0.25, 0.3) is 0 Å². The molecule has 2 amide bonds. The lowest BCUT2D eigenvalue weighted by molar-refractivity contribution is 0.262. The van der Waals surface area contributed by atoms with Gasteiger partial charge in [-0.15, -0.1) is 0 Å². The van der Waals surface area contributed by atoms with Gasteiger partial charge in [-0.1, -0.05) is 23.7 Å². The molecule has 5 nitrogen and oxygen atoms in total. The van der Waals surface area contributed by atoms with Crippen molar-refractivity contribution in [1.82, 2.24) is 5.32 Å². The van der Waals surface area contributed by atoms with Crippen LogP contribution in [0.1, 0.15) is 0 Å². The zero-order valence-electron chi connectivity index (χ0n) is 13.0. The predicted octanol–water partition coefficient (Wildman–Crippen LogP) is 3.53. The Morgan fingerprint density at radius 3 is 2.58 bits per heavy atom. The van der Waals surface area contributed by atoms with E-state index in [0.29, 0.717) is 10.7 Å². The second-order valence-corrected chi connectivity index (χ2v) is 5.87. The smallest absolute Gasteiger partial charge is 0.323 e. The number of benzene rings is 2. The standard InChI is InChI=1S/C17H18ClFN4O/c18-13-11-12(5-6-16(13)23-9-7-20-8-10-23)21-17(24)22-15-4-2-1-3-14(15)19/h1-6,11,20H,7-10H2,(H2,21,22,24). The van der Waals surface area contributed by atoms with Crippen LogP contribution in [0.2, 0.25) is 5.02 Å². The fraction of sp³-hybridized carbons (Fsp3) is 0.235. The summed E-state index contributed by atoms with van der Waals surface area (Å²) >= 11 is 6.34. The summed E-state index contributed by atoms with van der Waals surface area (Å²) in [5.74, 6) is -0.486. The SMILES string of the molecule is O=C(Nc1ccc(N2CCNCC2)c(Cl)c1)Nc1ccccc1F. The Balaban J connectivity index is 1.66. The molecule has 0 aromatic heterocycles. The number of carbonyl (C=O) groups is 1. The third kappa shape index (κ3) is 3.96. The molecular formula is C17H18ClFN4O. The fourth-order valence-electron chi connectivity index (χ4n) is 2.59. The maximum absolute atomic E-state index is 13.5. The van der Waals surface area contributed by atoms with Crippen LogP contribution in [0.15, 0.2) is 42.5 Å². The van der Waals surface area contributed by atoms with Crippen molar-refractivity contribution in [2.75, 3.05) is 41.7 Å². The first-order valence-corrected chi connectivity index (χ1v) is 8.09. The topological polar surface area (TPSA) is 56.4 Å². The van der Waals surface area contributed by atoms with Crippen LogP contribution in [0, 0.1) is 5.82 Å². The van der Waals surface area contributed by atoms with Gasteiger partial charge in [0.15, 0.2) is 0 Å². The normalized spacial score (nSPS) is 14.3. The molecule has 1 aliphatic rings. The summed E-state index contributed by atoms with van der Waals surface area (Å²) in [5.41, 5.74) is 1.62. The molecule has 0 spiro atoms. The zero-order valence-corrected chi connectivity index (χ0v) is 13.7. The van der Waals surface area contributed by atoms with Crippen molar-refractivity contribution < 1.29 is 9.18 Å². The van der Waals surface area contributed by atoms with Gasteiger partial charge in [0.2, 0.25) is 0 Å². The Morgan fingerprint density at radius 1 is 1.12 bits per heavy atom. The summed E-state index contributed by atoms with van der Waals surface area (Å²) < 4.78 is 13.5. The molecule has 1 fully saturated rings. The van der Waals surface area contributed by atoms with Gasteiger partial charge in [0.05, 0.1) is 16.4 Å². The van der Waals surface area contributed by atoms with Crippen LogP contribution in [-0.2, 0) is 0 Å². The van der Waals surface area contributed by atoms with Crippen LogP contribution in [0.25, 0.3) is 0 Å². The average molecular weight is 349 g/mol. The van der Waals surface area contributed by atoms with Crippen molar-refractivity contribution >= 4 is 34.7 Å². The minimum atomic E-state index is -0.522. The Morgan fingerprint density at radius 2 is 1.88 bits per heavy atom. The van der Waals surface area contributed by atoms with E-state index in [-0.39, 0.29) is 5.69 Å². The second-order valence-electron chi connectivity index (χ2n) is 5.46. The summed E-state index contributed by atoms with van der Waals surface area (Å²) in [4.78, 5) is 14.2. The minimum Gasteiger partial charge on any atom is -0.368 e. The molecule has 0 atom stereocenters. The molecular weight excluding hydrogens is 331 g/mol. The first kappa shape index (κ1) is 16.5. The molecule has 1 heterocycles. The van der Waals surface area contributed by atoms with Gasteiger partial charge in [0, 0.05) is 31.9 Å². The number of hydrogen-bond donors (Lipinski definition) is 3. The number of rotatable bonds is 3. The van der Waals surface area contributed by atoms with Crippen LogP contribution >= 0.6 is 11.6 Å². The molecule has 1 saturated heterocycles. The van der Waals surface area contributed by atoms with Crippen LogP contribution in [0.5, 0.6) is 0 Å². The molecule has 0 bridgehead atoms. The molecule has 24 heavy (non-hydrogen) atoms. The molecule has 126 valence electrons. The van der Waals surface area contributed by atoms with Gasteiger partial charge in [-0.25, -0.2) is 9.18 Å². The molecule has 2 aromatic rings. The van der Waals surface area contributed by atoms with E-state index in [0.717, 1.165) is 31.9 Å². The van der Waals surface area contributed by atoms with Crippen LogP contribution in [-0.4, -0.2) is 32.2 Å². The molecule has 2 aromatic carbocycles. The van der Waals surface area contributed by atoms with Gasteiger partial charge in [-0.2, -0.15) is 0 Å². The lowest BCUT2D eigenvalue weighted by Crippen LogP contribution is -2.43.